The van der Waals surface area contributed by atoms with Gasteiger partial charge in [0.2, 0.25) is 5.82 Å². The molecule has 0 heterocycles. The first-order chi connectivity index (χ1) is 12.6. The van der Waals surface area contributed by atoms with Crippen molar-refractivity contribution in [1.29, 1.82) is 0 Å². The number of hydrogen-bond acceptors (Lipinski definition) is 3. The van der Waals surface area contributed by atoms with Crippen molar-refractivity contribution in [3.63, 3.8) is 0 Å². The molecule has 0 aliphatic heterocycles. The van der Waals surface area contributed by atoms with Crippen molar-refractivity contribution in [3.05, 3.63) is 34.6 Å². The van der Waals surface area contributed by atoms with E-state index >= 15 is 0 Å². The number of ether oxygens (including phenoxy) is 1. The smallest absolute Gasteiger partial charge is 0.328 e. The highest BCUT2D eigenvalue weighted by molar-refractivity contribution is 5.97. The lowest BCUT2D eigenvalue weighted by atomic mass is 10.0. The van der Waals surface area contributed by atoms with E-state index in [1.807, 2.05) is 12.2 Å². The van der Waals surface area contributed by atoms with Gasteiger partial charge in [0.15, 0.2) is 23.3 Å². The second-order valence-electron chi connectivity index (χ2n) is 6.37. The molecule has 1 aromatic rings. The fourth-order valence-corrected chi connectivity index (χ4v) is 2.31. The predicted octanol–water partition coefficient (Wildman–Crippen LogP) is 4.26. The summed E-state index contributed by atoms with van der Waals surface area (Å²) in [5.41, 5.74) is -1.65. The Hall–Kier alpha value is -2.19. The molecule has 0 aromatic heterocycles. The molecule has 0 saturated carbocycles. The Morgan fingerprint density at radius 2 is 1.41 bits per heavy atom. The van der Waals surface area contributed by atoms with E-state index in [1.165, 1.54) is 13.8 Å². The number of nitrogens with one attached hydrogen (secondary N) is 1. The number of hydrogen-bond donors (Lipinski definition) is 1. The van der Waals surface area contributed by atoms with E-state index in [-0.39, 0.29) is 6.61 Å². The number of amides is 1. The van der Waals surface area contributed by atoms with Crippen LogP contribution in [0.5, 0.6) is 0 Å². The van der Waals surface area contributed by atoms with E-state index in [0.29, 0.717) is 6.42 Å². The molecule has 1 amide bonds. The average Bonchev–Trinajstić information content (AvgIpc) is 2.62. The van der Waals surface area contributed by atoms with Gasteiger partial charge in [0.25, 0.3) is 5.91 Å². The lowest BCUT2D eigenvalue weighted by Gasteiger charge is -2.21. The summed E-state index contributed by atoms with van der Waals surface area (Å²) in [6, 6.07) is -1.31. The van der Waals surface area contributed by atoms with Gasteiger partial charge in [-0.15, -0.1) is 0 Å². The molecule has 152 valence electrons. The van der Waals surface area contributed by atoms with Crippen LogP contribution in [-0.2, 0) is 9.53 Å². The van der Waals surface area contributed by atoms with Gasteiger partial charge >= 0.3 is 5.97 Å². The first-order valence-electron chi connectivity index (χ1n) is 8.62. The van der Waals surface area contributed by atoms with Crippen molar-refractivity contribution in [1.82, 2.24) is 5.32 Å². The van der Waals surface area contributed by atoms with Crippen molar-refractivity contribution in [2.75, 3.05) is 6.61 Å². The largest absolute Gasteiger partial charge is 0.464 e. The molecule has 1 atom stereocenters. The van der Waals surface area contributed by atoms with Crippen LogP contribution in [0.2, 0.25) is 0 Å². The minimum atomic E-state index is -2.37. The van der Waals surface area contributed by atoms with Gasteiger partial charge in [0, 0.05) is 0 Å². The Kier molecular flexibility index (Phi) is 8.65. The maximum Gasteiger partial charge on any atom is 0.328 e. The second-order valence-corrected chi connectivity index (χ2v) is 6.37. The highest BCUT2D eigenvalue weighted by Gasteiger charge is 2.33. The third kappa shape index (κ3) is 5.64. The highest BCUT2D eigenvalue weighted by atomic mass is 19.2. The van der Waals surface area contributed by atoms with E-state index in [0.717, 1.165) is 19.3 Å². The summed E-state index contributed by atoms with van der Waals surface area (Å²) in [4.78, 5) is 24.2. The van der Waals surface area contributed by atoms with Gasteiger partial charge in [-0.2, -0.15) is 0 Å². The first kappa shape index (κ1) is 22.9. The van der Waals surface area contributed by atoms with E-state index < -0.39 is 58.5 Å². The minimum Gasteiger partial charge on any atom is -0.464 e. The van der Waals surface area contributed by atoms with Gasteiger partial charge in [-0.05, 0) is 12.3 Å². The van der Waals surface area contributed by atoms with Crippen LogP contribution in [0.25, 0.3) is 0 Å². The summed E-state index contributed by atoms with van der Waals surface area (Å²) in [6.45, 7) is 5.17. The van der Waals surface area contributed by atoms with Gasteiger partial charge in [-0.1, -0.05) is 40.0 Å². The third-order valence-corrected chi connectivity index (χ3v) is 3.89. The number of halogens is 5. The molecule has 1 aromatic carbocycles. The maximum absolute atomic E-state index is 13.7. The van der Waals surface area contributed by atoms with Crippen molar-refractivity contribution < 1.29 is 36.3 Å². The van der Waals surface area contributed by atoms with E-state index in [9.17, 15) is 31.5 Å². The Labute approximate surface area is 154 Å². The van der Waals surface area contributed by atoms with E-state index in [2.05, 4.69) is 0 Å². The first-order valence-corrected chi connectivity index (χ1v) is 8.62. The van der Waals surface area contributed by atoms with Crippen LogP contribution < -0.4 is 5.32 Å². The molecule has 0 radical (unpaired) electrons. The zero-order valence-electron chi connectivity index (χ0n) is 15.3. The summed E-state index contributed by atoms with van der Waals surface area (Å²) in [7, 11) is 0. The Morgan fingerprint density at radius 1 is 0.889 bits per heavy atom. The molecule has 0 aliphatic carbocycles. The van der Waals surface area contributed by atoms with Crippen LogP contribution in [0.4, 0.5) is 22.0 Å². The number of esters is 1. The molecular formula is C18H22F5NO3. The molecule has 0 bridgehead atoms. The summed E-state index contributed by atoms with van der Waals surface area (Å²) >= 11 is 0. The van der Waals surface area contributed by atoms with Gasteiger partial charge in [0.1, 0.15) is 11.6 Å². The molecule has 1 N–H and O–H groups in total. The summed E-state index contributed by atoms with van der Waals surface area (Å²) in [5, 5.41) is 1.99. The number of unbranched alkanes of at least 4 members (excludes halogenated alkanes) is 3. The molecule has 27 heavy (non-hydrogen) atoms. The van der Waals surface area contributed by atoms with Gasteiger partial charge in [-0.3, -0.25) is 4.79 Å². The lowest BCUT2D eigenvalue weighted by molar-refractivity contribution is -0.147. The van der Waals surface area contributed by atoms with Gasteiger partial charge < -0.3 is 10.1 Å². The molecule has 9 heteroatoms. The molecule has 1 rings (SSSR count). The van der Waals surface area contributed by atoms with Crippen LogP contribution in [0.3, 0.4) is 0 Å². The van der Waals surface area contributed by atoms with Crippen LogP contribution >= 0.6 is 0 Å². The van der Waals surface area contributed by atoms with Crippen molar-refractivity contribution in [2.45, 2.75) is 52.5 Å². The SMILES string of the molecule is CCCCCCOC(=O)C(NC(=O)c1c(F)c(F)c(F)c(F)c1F)C(C)C. The van der Waals surface area contributed by atoms with E-state index in [1.54, 1.807) is 0 Å². The normalized spacial score (nSPS) is 12.2. The van der Waals surface area contributed by atoms with Gasteiger partial charge in [-0.25, -0.2) is 26.7 Å². The summed E-state index contributed by atoms with van der Waals surface area (Å²) in [5.74, 6) is -14.4. The van der Waals surface area contributed by atoms with Crippen LogP contribution in [0.15, 0.2) is 0 Å². The van der Waals surface area contributed by atoms with Crippen molar-refractivity contribution in [3.8, 4) is 0 Å². The molecule has 4 nitrogen and oxygen atoms in total. The molecular weight excluding hydrogens is 373 g/mol. The van der Waals surface area contributed by atoms with E-state index in [4.69, 9.17) is 4.74 Å². The molecule has 0 aliphatic rings. The lowest BCUT2D eigenvalue weighted by Crippen LogP contribution is -2.46. The standard InChI is InChI=1S/C18H22F5NO3/c1-4-5-6-7-8-27-18(26)16(9(2)3)24-17(25)10-11(19)13(21)15(23)14(22)12(10)20/h9,16H,4-8H2,1-3H3,(H,24,25). The fraction of sp³-hybridized carbons (Fsp3) is 0.556. The quantitative estimate of drug-likeness (QED) is 0.224. The average molecular weight is 395 g/mol. The predicted molar refractivity (Wildman–Crippen MR) is 87.4 cm³/mol. The highest BCUT2D eigenvalue weighted by Crippen LogP contribution is 2.23. The number of rotatable bonds is 9. The second kappa shape index (κ2) is 10.2. The Balaban J connectivity index is 2.93. The number of benzene rings is 1. The Morgan fingerprint density at radius 3 is 1.89 bits per heavy atom. The van der Waals surface area contributed by atoms with Crippen LogP contribution in [0, 0.1) is 35.0 Å². The maximum atomic E-state index is 13.7. The zero-order chi connectivity index (χ0) is 20.7. The molecule has 0 spiro atoms. The topological polar surface area (TPSA) is 55.4 Å². The van der Waals surface area contributed by atoms with Crippen LogP contribution in [0.1, 0.15) is 56.8 Å². The minimum absolute atomic E-state index is 0.0977. The summed E-state index contributed by atoms with van der Waals surface area (Å²) in [6.07, 6.45) is 3.39. The van der Waals surface area contributed by atoms with Crippen LogP contribution in [-0.4, -0.2) is 24.5 Å². The monoisotopic (exact) mass is 395 g/mol. The van der Waals surface area contributed by atoms with Crippen molar-refractivity contribution >= 4 is 11.9 Å². The molecule has 0 fully saturated rings. The molecule has 0 saturated heterocycles. The van der Waals surface area contributed by atoms with Crippen molar-refractivity contribution in [2.24, 2.45) is 5.92 Å². The number of carbonyl (C=O) groups excluding carboxylic acids is 2. The third-order valence-electron chi connectivity index (χ3n) is 3.89. The summed E-state index contributed by atoms with van der Waals surface area (Å²) < 4.78 is 72.1. The fourth-order valence-electron chi connectivity index (χ4n) is 2.31. The number of carbonyl (C=O) groups is 2. The molecule has 1 unspecified atom stereocenters. The van der Waals surface area contributed by atoms with Gasteiger partial charge in [0.05, 0.1) is 6.61 Å². The zero-order valence-corrected chi connectivity index (χ0v) is 15.3. The Bertz CT molecular complexity index is 665.